The van der Waals surface area contributed by atoms with Crippen LogP contribution in [0.25, 0.3) is 0 Å². The zero-order valence-electron chi connectivity index (χ0n) is 11.5. The lowest BCUT2D eigenvalue weighted by molar-refractivity contribution is -0.0431. The largest absolute Gasteiger partial charge is 0.449 e. The van der Waals surface area contributed by atoms with Crippen LogP contribution in [-0.2, 0) is 0 Å². The van der Waals surface area contributed by atoms with E-state index in [2.05, 4.69) is 15.5 Å². The topological polar surface area (TPSA) is 76.2 Å². The van der Waals surface area contributed by atoms with Crippen LogP contribution in [0.5, 0.6) is 11.5 Å². The number of H-pyrrole nitrogens is 1. The number of nitrogens with one attached hydrogen (secondary N) is 2. The fourth-order valence-corrected chi connectivity index (χ4v) is 2.08. The van der Waals surface area contributed by atoms with Crippen molar-refractivity contribution in [2.24, 2.45) is 0 Å². The summed E-state index contributed by atoms with van der Waals surface area (Å²) in [4.78, 5) is 12.1. The molecule has 1 aliphatic heterocycles. The van der Waals surface area contributed by atoms with E-state index in [0.29, 0.717) is 22.7 Å². The summed E-state index contributed by atoms with van der Waals surface area (Å²) in [5, 5.41) is 9.37. The van der Waals surface area contributed by atoms with E-state index < -0.39 is 5.79 Å². The summed E-state index contributed by atoms with van der Waals surface area (Å²) in [6.45, 7) is 5.46. The van der Waals surface area contributed by atoms with Gasteiger partial charge in [-0.1, -0.05) is 0 Å². The van der Waals surface area contributed by atoms with Crippen LogP contribution in [-0.4, -0.2) is 21.9 Å². The fraction of sp³-hybridized carbons (Fsp3) is 0.286. The number of anilines is 1. The number of nitrogens with zero attached hydrogens (tertiary/aromatic N) is 1. The average Bonchev–Trinajstić information content (AvgIpc) is 2.90. The van der Waals surface area contributed by atoms with Crippen LogP contribution in [0, 0.1) is 6.92 Å². The molecule has 6 heteroatoms. The molecule has 2 N–H and O–H groups in total. The van der Waals surface area contributed by atoms with Crippen molar-refractivity contribution >= 4 is 11.6 Å². The summed E-state index contributed by atoms with van der Waals surface area (Å²) in [5.74, 6) is 0.408. The van der Waals surface area contributed by atoms with Gasteiger partial charge in [0.1, 0.15) is 0 Å². The summed E-state index contributed by atoms with van der Waals surface area (Å²) in [6, 6.07) is 5.30. The van der Waals surface area contributed by atoms with E-state index in [1.165, 1.54) is 6.20 Å². The molecule has 0 saturated heterocycles. The Balaban J connectivity index is 1.80. The van der Waals surface area contributed by atoms with Crippen molar-refractivity contribution in [3.63, 3.8) is 0 Å². The molecule has 0 unspecified atom stereocenters. The number of aryl methyl sites for hydroxylation is 1. The lowest BCUT2D eigenvalue weighted by Gasteiger charge is -2.16. The highest BCUT2D eigenvalue weighted by Gasteiger charge is 2.31. The summed E-state index contributed by atoms with van der Waals surface area (Å²) in [6.07, 6.45) is 1.50. The van der Waals surface area contributed by atoms with Crippen LogP contribution in [0.2, 0.25) is 0 Å². The Kier molecular flexibility index (Phi) is 2.67. The van der Waals surface area contributed by atoms with Gasteiger partial charge in [0.25, 0.3) is 5.91 Å². The van der Waals surface area contributed by atoms with Crippen LogP contribution < -0.4 is 14.8 Å². The van der Waals surface area contributed by atoms with Gasteiger partial charge in [-0.05, 0) is 19.1 Å². The predicted octanol–water partition coefficient (Wildman–Crippen LogP) is 2.48. The number of hydrogen-bond donors (Lipinski definition) is 2. The summed E-state index contributed by atoms with van der Waals surface area (Å²) < 4.78 is 11.2. The van der Waals surface area contributed by atoms with Crippen molar-refractivity contribution in [2.45, 2.75) is 26.6 Å². The van der Waals surface area contributed by atoms with Gasteiger partial charge < -0.3 is 14.8 Å². The number of benzene rings is 1. The molecule has 1 aromatic carbocycles. The van der Waals surface area contributed by atoms with Crippen molar-refractivity contribution in [3.8, 4) is 11.5 Å². The van der Waals surface area contributed by atoms with Gasteiger partial charge in [-0.2, -0.15) is 5.10 Å². The zero-order valence-corrected chi connectivity index (χ0v) is 11.5. The molecule has 104 valence electrons. The smallest absolute Gasteiger partial charge is 0.259 e. The number of aromatic nitrogens is 2. The van der Waals surface area contributed by atoms with Crippen LogP contribution >= 0.6 is 0 Å². The van der Waals surface area contributed by atoms with Gasteiger partial charge in [-0.15, -0.1) is 0 Å². The van der Waals surface area contributed by atoms with Gasteiger partial charge in [0.2, 0.25) is 5.79 Å². The van der Waals surface area contributed by atoms with Crippen molar-refractivity contribution in [1.82, 2.24) is 10.2 Å². The Hall–Kier alpha value is -2.50. The second kappa shape index (κ2) is 4.26. The molecule has 0 fully saturated rings. The third kappa shape index (κ3) is 2.20. The Morgan fingerprint density at radius 2 is 2.05 bits per heavy atom. The van der Waals surface area contributed by atoms with E-state index in [9.17, 15) is 4.79 Å². The van der Waals surface area contributed by atoms with Crippen molar-refractivity contribution < 1.29 is 14.3 Å². The minimum atomic E-state index is -0.674. The van der Waals surface area contributed by atoms with Gasteiger partial charge in [-0.3, -0.25) is 9.89 Å². The lowest BCUT2D eigenvalue weighted by atomic mass is 10.2. The molecular weight excluding hydrogens is 258 g/mol. The Bertz CT molecular complexity index is 676. The molecule has 2 heterocycles. The molecule has 6 nitrogen and oxygen atoms in total. The van der Waals surface area contributed by atoms with Crippen molar-refractivity contribution in [2.75, 3.05) is 5.32 Å². The highest BCUT2D eigenvalue weighted by Crippen LogP contribution is 2.40. The van der Waals surface area contributed by atoms with Crippen molar-refractivity contribution in [1.29, 1.82) is 0 Å². The molecule has 20 heavy (non-hydrogen) atoms. The number of ether oxygens (including phenoxy) is 2. The summed E-state index contributed by atoms with van der Waals surface area (Å²) in [5.41, 5.74) is 1.89. The van der Waals surface area contributed by atoms with Crippen LogP contribution in [0.1, 0.15) is 29.9 Å². The first-order valence-corrected chi connectivity index (χ1v) is 6.28. The Labute approximate surface area is 116 Å². The normalized spacial score (nSPS) is 15.2. The van der Waals surface area contributed by atoms with Crippen LogP contribution in [0.4, 0.5) is 5.69 Å². The molecular formula is C14H15N3O3. The molecule has 0 spiro atoms. The maximum Gasteiger partial charge on any atom is 0.259 e. The molecule has 0 aliphatic carbocycles. The van der Waals surface area contributed by atoms with Gasteiger partial charge >= 0.3 is 0 Å². The highest BCUT2D eigenvalue weighted by atomic mass is 16.7. The molecule has 1 aromatic heterocycles. The van der Waals surface area contributed by atoms with E-state index >= 15 is 0 Å². The van der Waals surface area contributed by atoms with Crippen molar-refractivity contribution in [3.05, 3.63) is 35.7 Å². The van der Waals surface area contributed by atoms with Crippen LogP contribution in [0.15, 0.2) is 24.4 Å². The number of rotatable bonds is 2. The molecule has 0 saturated carbocycles. The van der Waals surface area contributed by atoms with E-state index in [4.69, 9.17) is 9.47 Å². The molecule has 2 aromatic rings. The average molecular weight is 273 g/mol. The molecule has 1 amide bonds. The van der Waals surface area contributed by atoms with Crippen LogP contribution in [0.3, 0.4) is 0 Å². The minimum Gasteiger partial charge on any atom is -0.449 e. The number of carbonyl (C=O) groups is 1. The Morgan fingerprint density at radius 1 is 1.30 bits per heavy atom. The third-order valence-electron chi connectivity index (χ3n) is 2.99. The van der Waals surface area contributed by atoms with E-state index in [0.717, 1.165) is 5.69 Å². The number of aromatic amines is 1. The lowest BCUT2D eigenvalue weighted by Crippen LogP contribution is -2.29. The Morgan fingerprint density at radius 3 is 2.75 bits per heavy atom. The quantitative estimate of drug-likeness (QED) is 0.881. The maximum absolute atomic E-state index is 12.1. The van der Waals surface area contributed by atoms with Gasteiger partial charge in [-0.25, -0.2) is 0 Å². The molecule has 3 rings (SSSR count). The van der Waals surface area contributed by atoms with E-state index in [1.807, 2.05) is 13.8 Å². The second-order valence-corrected chi connectivity index (χ2v) is 5.13. The first kappa shape index (κ1) is 12.5. The molecule has 1 aliphatic rings. The monoisotopic (exact) mass is 273 g/mol. The number of amides is 1. The third-order valence-corrected chi connectivity index (χ3v) is 2.99. The van der Waals surface area contributed by atoms with Gasteiger partial charge in [0.05, 0.1) is 11.8 Å². The first-order valence-electron chi connectivity index (χ1n) is 6.28. The second-order valence-electron chi connectivity index (χ2n) is 5.13. The van der Waals surface area contributed by atoms with Gasteiger partial charge in [0, 0.05) is 31.3 Å². The summed E-state index contributed by atoms with van der Waals surface area (Å²) in [7, 11) is 0. The van der Waals surface area contributed by atoms with E-state index in [-0.39, 0.29) is 5.91 Å². The molecule has 0 radical (unpaired) electrons. The SMILES string of the molecule is Cc1[nH]ncc1C(=O)Nc1ccc2c(c1)OC(C)(C)O2. The summed E-state index contributed by atoms with van der Waals surface area (Å²) >= 11 is 0. The fourth-order valence-electron chi connectivity index (χ4n) is 2.08. The number of fused-ring (bicyclic) bond motifs is 1. The van der Waals surface area contributed by atoms with Gasteiger partial charge in [0.15, 0.2) is 11.5 Å². The molecule has 0 atom stereocenters. The van der Waals surface area contributed by atoms with E-state index in [1.54, 1.807) is 25.1 Å². The predicted molar refractivity (Wildman–Crippen MR) is 73.1 cm³/mol. The number of hydrogen-bond acceptors (Lipinski definition) is 4. The standard InChI is InChI=1S/C14H15N3O3/c1-8-10(7-15-17-8)13(18)16-9-4-5-11-12(6-9)20-14(2,3)19-11/h4-7H,1-3H3,(H,15,17)(H,16,18). The number of carbonyl (C=O) groups excluding carboxylic acids is 1. The highest BCUT2D eigenvalue weighted by molar-refractivity contribution is 6.05. The first-order chi connectivity index (χ1) is 9.44. The zero-order chi connectivity index (χ0) is 14.3. The molecule has 0 bridgehead atoms. The minimum absolute atomic E-state index is 0.214. The maximum atomic E-state index is 12.1.